The van der Waals surface area contributed by atoms with E-state index in [0.717, 1.165) is 17.9 Å². The van der Waals surface area contributed by atoms with E-state index in [9.17, 15) is 0 Å². The van der Waals surface area contributed by atoms with Crippen molar-refractivity contribution in [1.29, 1.82) is 0 Å². The number of unbranched alkanes of at least 4 members (excludes halogenated alkanes) is 1. The SMILES string of the molecule is CCCCC1(CC)CSc2ccccc2C(c2ccc(OC)cc2)N1. The van der Waals surface area contributed by atoms with E-state index in [1.54, 1.807) is 7.11 Å². The lowest BCUT2D eigenvalue weighted by Crippen LogP contribution is -2.48. The number of benzene rings is 2. The number of nitrogens with one attached hydrogen (secondary N) is 1. The summed E-state index contributed by atoms with van der Waals surface area (Å²) in [5.74, 6) is 2.04. The number of thioether (sulfide) groups is 1. The van der Waals surface area contributed by atoms with E-state index in [1.165, 1.54) is 35.3 Å². The molecule has 0 saturated carbocycles. The van der Waals surface area contributed by atoms with Gasteiger partial charge >= 0.3 is 0 Å². The second-order valence-corrected chi connectivity index (χ2v) is 7.93. The summed E-state index contributed by atoms with van der Waals surface area (Å²) < 4.78 is 5.34. The molecule has 1 heterocycles. The summed E-state index contributed by atoms with van der Waals surface area (Å²) in [6, 6.07) is 17.6. The average Bonchev–Trinajstić information content (AvgIpc) is 2.84. The maximum absolute atomic E-state index is 5.34. The van der Waals surface area contributed by atoms with Gasteiger partial charge in [-0.1, -0.05) is 57.0 Å². The fraction of sp³-hybridized carbons (Fsp3) is 0.455. The van der Waals surface area contributed by atoms with Crippen LogP contribution in [0, 0.1) is 0 Å². The predicted molar refractivity (Wildman–Crippen MR) is 108 cm³/mol. The van der Waals surface area contributed by atoms with E-state index in [2.05, 4.69) is 67.7 Å². The van der Waals surface area contributed by atoms with Crippen molar-refractivity contribution < 1.29 is 4.74 Å². The molecule has 0 bridgehead atoms. The highest BCUT2D eigenvalue weighted by molar-refractivity contribution is 7.99. The van der Waals surface area contributed by atoms with Crippen LogP contribution in [0.1, 0.15) is 56.7 Å². The predicted octanol–water partition coefficient (Wildman–Crippen LogP) is 5.82. The normalized spacial score (nSPS) is 22.9. The zero-order chi connectivity index (χ0) is 17.7. The van der Waals surface area contributed by atoms with Crippen molar-refractivity contribution in [2.75, 3.05) is 12.9 Å². The van der Waals surface area contributed by atoms with Gasteiger partial charge in [0, 0.05) is 16.2 Å². The lowest BCUT2D eigenvalue weighted by Gasteiger charge is -2.36. The molecule has 3 rings (SSSR count). The lowest BCUT2D eigenvalue weighted by molar-refractivity contribution is 0.298. The van der Waals surface area contributed by atoms with Gasteiger partial charge in [0.05, 0.1) is 13.2 Å². The summed E-state index contributed by atoms with van der Waals surface area (Å²) in [5.41, 5.74) is 2.89. The lowest BCUT2D eigenvalue weighted by atomic mass is 9.88. The third kappa shape index (κ3) is 4.04. The summed E-state index contributed by atoms with van der Waals surface area (Å²) >= 11 is 2.01. The van der Waals surface area contributed by atoms with Gasteiger partial charge in [0.2, 0.25) is 0 Å². The number of ether oxygens (including phenoxy) is 1. The Morgan fingerprint density at radius 3 is 2.56 bits per heavy atom. The Bertz CT molecular complexity index is 685. The van der Waals surface area contributed by atoms with E-state index in [4.69, 9.17) is 4.74 Å². The Kier molecular flexibility index (Phi) is 6.08. The third-order valence-corrected chi connectivity index (χ3v) is 6.70. The van der Waals surface area contributed by atoms with Crippen molar-refractivity contribution >= 4 is 11.8 Å². The standard InChI is InChI=1S/C22H29NOS/c1-4-6-15-22(5-2)16-25-20-10-8-7-9-19(20)21(23-22)17-11-13-18(24-3)14-12-17/h7-14,21,23H,4-6,15-16H2,1-3H3. The highest BCUT2D eigenvalue weighted by Gasteiger charge is 2.35. The van der Waals surface area contributed by atoms with Crippen LogP contribution in [0.3, 0.4) is 0 Å². The van der Waals surface area contributed by atoms with Crippen LogP contribution in [0.5, 0.6) is 5.75 Å². The van der Waals surface area contributed by atoms with Crippen molar-refractivity contribution in [3.05, 3.63) is 59.7 Å². The van der Waals surface area contributed by atoms with Crippen LogP contribution in [0.2, 0.25) is 0 Å². The van der Waals surface area contributed by atoms with Gasteiger partial charge in [0.1, 0.15) is 5.75 Å². The first-order chi connectivity index (χ1) is 12.2. The van der Waals surface area contributed by atoms with Gasteiger partial charge in [-0.25, -0.2) is 0 Å². The minimum atomic E-state index is 0.185. The first-order valence-electron chi connectivity index (χ1n) is 9.34. The van der Waals surface area contributed by atoms with Crippen LogP contribution in [0.15, 0.2) is 53.4 Å². The second-order valence-electron chi connectivity index (χ2n) is 6.91. The maximum atomic E-state index is 5.34. The molecule has 0 saturated heterocycles. The van der Waals surface area contributed by atoms with Crippen LogP contribution < -0.4 is 10.1 Å². The van der Waals surface area contributed by atoms with Gasteiger partial charge in [-0.05, 0) is 42.2 Å². The summed E-state index contributed by atoms with van der Waals surface area (Å²) in [6.07, 6.45) is 4.90. The van der Waals surface area contributed by atoms with Gasteiger partial charge in [-0.3, -0.25) is 5.32 Å². The number of hydrogen-bond donors (Lipinski definition) is 1. The summed E-state index contributed by atoms with van der Waals surface area (Å²) in [5, 5.41) is 4.06. The van der Waals surface area contributed by atoms with Crippen molar-refractivity contribution in [2.24, 2.45) is 0 Å². The molecule has 0 radical (unpaired) electrons. The molecule has 0 fully saturated rings. The van der Waals surface area contributed by atoms with E-state index >= 15 is 0 Å². The number of methoxy groups -OCH3 is 1. The second kappa shape index (κ2) is 8.29. The van der Waals surface area contributed by atoms with Crippen molar-refractivity contribution in [3.63, 3.8) is 0 Å². The molecule has 3 heteroatoms. The Morgan fingerprint density at radius 2 is 1.88 bits per heavy atom. The minimum absolute atomic E-state index is 0.185. The van der Waals surface area contributed by atoms with Gasteiger partial charge in [-0.2, -0.15) is 0 Å². The van der Waals surface area contributed by atoms with E-state index in [-0.39, 0.29) is 11.6 Å². The largest absolute Gasteiger partial charge is 0.497 e. The first kappa shape index (κ1) is 18.3. The zero-order valence-corrected chi connectivity index (χ0v) is 16.4. The Labute approximate surface area is 156 Å². The van der Waals surface area contributed by atoms with Crippen LogP contribution in [0.4, 0.5) is 0 Å². The molecule has 0 aromatic heterocycles. The molecule has 0 amide bonds. The molecule has 2 unspecified atom stereocenters. The molecule has 2 atom stereocenters. The van der Waals surface area contributed by atoms with Gasteiger partial charge in [0.25, 0.3) is 0 Å². The Balaban J connectivity index is 2.00. The number of rotatable bonds is 6. The molecule has 0 aliphatic carbocycles. The monoisotopic (exact) mass is 355 g/mol. The quantitative estimate of drug-likeness (QED) is 0.705. The molecule has 2 nitrogen and oxygen atoms in total. The molecule has 1 aliphatic heterocycles. The van der Waals surface area contributed by atoms with Crippen molar-refractivity contribution in [1.82, 2.24) is 5.32 Å². The molecule has 2 aromatic carbocycles. The molecular formula is C22H29NOS. The fourth-order valence-corrected chi connectivity index (χ4v) is 4.98. The fourth-order valence-electron chi connectivity index (χ4n) is 3.59. The molecule has 25 heavy (non-hydrogen) atoms. The molecule has 1 aliphatic rings. The average molecular weight is 356 g/mol. The van der Waals surface area contributed by atoms with Gasteiger partial charge < -0.3 is 4.74 Å². The first-order valence-corrected chi connectivity index (χ1v) is 10.3. The van der Waals surface area contributed by atoms with Crippen molar-refractivity contribution in [2.45, 2.75) is 56.0 Å². The summed E-state index contributed by atoms with van der Waals surface area (Å²) in [7, 11) is 1.72. The number of hydrogen-bond acceptors (Lipinski definition) is 3. The van der Waals surface area contributed by atoms with Gasteiger partial charge in [0.15, 0.2) is 0 Å². The van der Waals surface area contributed by atoms with Crippen LogP contribution >= 0.6 is 11.8 Å². The minimum Gasteiger partial charge on any atom is -0.497 e. The number of fused-ring (bicyclic) bond motifs is 1. The maximum Gasteiger partial charge on any atom is 0.118 e. The molecular weight excluding hydrogens is 326 g/mol. The molecule has 2 aromatic rings. The van der Waals surface area contributed by atoms with Crippen LogP contribution in [-0.2, 0) is 0 Å². The van der Waals surface area contributed by atoms with E-state index in [0.29, 0.717) is 0 Å². The highest BCUT2D eigenvalue weighted by atomic mass is 32.2. The molecule has 1 N–H and O–H groups in total. The Hall–Kier alpha value is -1.45. The van der Waals surface area contributed by atoms with E-state index in [1.807, 2.05) is 11.8 Å². The third-order valence-electron chi connectivity index (χ3n) is 5.32. The van der Waals surface area contributed by atoms with Crippen LogP contribution in [0.25, 0.3) is 0 Å². The van der Waals surface area contributed by atoms with E-state index < -0.39 is 0 Å². The Morgan fingerprint density at radius 1 is 1.12 bits per heavy atom. The smallest absolute Gasteiger partial charge is 0.118 e. The zero-order valence-electron chi connectivity index (χ0n) is 15.5. The van der Waals surface area contributed by atoms with Gasteiger partial charge in [-0.15, -0.1) is 11.8 Å². The van der Waals surface area contributed by atoms with Crippen LogP contribution in [-0.4, -0.2) is 18.4 Å². The molecule has 134 valence electrons. The summed E-state index contributed by atoms with van der Waals surface area (Å²) in [6.45, 7) is 4.60. The van der Waals surface area contributed by atoms with Crippen molar-refractivity contribution in [3.8, 4) is 5.75 Å². The summed E-state index contributed by atoms with van der Waals surface area (Å²) in [4.78, 5) is 1.41. The topological polar surface area (TPSA) is 21.3 Å². The molecule has 0 spiro atoms. The highest BCUT2D eigenvalue weighted by Crippen LogP contribution is 2.40.